The molecule has 0 bridgehead atoms. The number of nitrogens with zero attached hydrogens (tertiary/aromatic N) is 3. The number of unbranched alkanes of at least 4 members (excludes halogenated alkanes) is 27. The highest BCUT2D eigenvalue weighted by Crippen LogP contribution is 2.42. The number of hydrogen-bond donors (Lipinski definition) is 2. The van der Waals surface area contributed by atoms with Crippen molar-refractivity contribution in [1.29, 1.82) is 0 Å². The molecule has 12 heteroatoms. The number of anilines is 2. The summed E-state index contributed by atoms with van der Waals surface area (Å²) < 4.78 is 48.0. The van der Waals surface area contributed by atoms with Crippen LogP contribution in [0.15, 0.2) is 60.7 Å². The van der Waals surface area contributed by atoms with Crippen molar-refractivity contribution in [2.45, 2.75) is 294 Å². The van der Waals surface area contributed by atoms with E-state index in [2.05, 4.69) is 164 Å². The van der Waals surface area contributed by atoms with Crippen LogP contribution in [0.4, 0.5) is 11.9 Å². The molecule has 12 nitrogen and oxygen atoms in total. The second-order valence-corrected chi connectivity index (χ2v) is 29.1. The number of benzene rings is 4. The molecule has 5 aromatic rings. The fourth-order valence-electron chi connectivity index (χ4n) is 11.8. The summed E-state index contributed by atoms with van der Waals surface area (Å²) in [6, 6.07) is 20.8. The van der Waals surface area contributed by atoms with Crippen LogP contribution in [-0.4, -0.2) is 61.2 Å². The first-order valence-electron chi connectivity index (χ1n) is 40.7. The molecular weight excluding hydrogens is 1250 g/mol. The van der Waals surface area contributed by atoms with Crippen LogP contribution in [0.2, 0.25) is 0 Å². The summed E-state index contributed by atoms with van der Waals surface area (Å²) in [6.45, 7) is 28.8. The second kappa shape index (κ2) is 52.3. The zero-order chi connectivity index (χ0) is 72.5. The minimum atomic E-state index is 0.0835. The van der Waals surface area contributed by atoms with Gasteiger partial charge in [0, 0.05) is 27.8 Å². The second-order valence-electron chi connectivity index (χ2n) is 29.1. The lowest BCUT2D eigenvalue weighted by Crippen LogP contribution is -2.10. The summed E-state index contributed by atoms with van der Waals surface area (Å²) in [5, 5.41) is 0. The minimum Gasteiger partial charge on any atom is -0.493 e. The lowest BCUT2D eigenvalue weighted by atomic mass is 10.0. The number of nitrogens with two attached hydrogens (primary N) is 2. The first-order chi connectivity index (χ1) is 49.3. The fraction of sp³-hybridized carbons (Fsp3) is 0.629. The van der Waals surface area contributed by atoms with Crippen molar-refractivity contribution < 1.29 is 33.2 Å². The summed E-state index contributed by atoms with van der Waals surface area (Å²) in [6.07, 6.45) is 55.0. The summed E-state index contributed by atoms with van der Waals surface area (Å²) in [5.74, 6) is 7.32. The highest BCUT2D eigenvalue weighted by molar-refractivity contribution is 5.83. The molecule has 0 aliphatic carbocycles. The molecule has 1 aromatic heterocycles. The number of hydrogen-bond acceptors (Lipinski definition) is 12. The first kappa shape index (κ1) is 85.0. The number of aromatic nitrogens is 3. The molecular formula is C89H139N5O7. The molecule has 0 aliphatic rings. The van der Waals surface area contributed by atoms with Gasteiger partial charge in [-0.25, -0.2) is 0 Å². The van der Waals surface area contributed by atoms with E-state index in [4.69, 9.17) is 44.6 Å². The van der Waals surface area contributed by atoms with Crippen LogP contribution in [0.1, 0.15) is 328 Å². The minimum absolute atomic E-state index is 0.0835. The highest BCUT2D eigenvalue weighted by atomic mass is 16.5. The largest absolute Gasteiger partial charge is 0.493 e. The van der Waals surface area contributed by atoms with E-state index in [-0.39, 0.29) is 11.9 Å². The third-order valence-electron chi connectivity index (χ3n) is 19.7. The molecule has 4 aromatic carbocycles. The van der Waals surface area contributed by atoms with E-state index in [1.165, 1.54) is 154 Å². The van der Waals surface area contributed by atoms with E-state index >= 15 is 0 Å². The van der Waals surface area contributed by atoms with Gasteiger partial charge in [0.1, 0.15) is 23.0 Å². The molecule has 0 radical (unpaired) electrons. The number of rotatable bonds is 59. The van der Waals surface area contributed by atoms with Gasteiger partial charge in [-0.1, -0.05) is 336 Å². The zero-order valence-electron chi connectivity index (χ0n) is 65.4. The van der Waals surface area contributed by atoms with Crippen LogP contribution in [-0.2, 0) is 0 Å². The lowest BCUT2D eigenvalue weighted by molar-refractivity contribution is 0.234. The molecule has 0 spiro atoms. The Morgan fingerprint density at radius 1 is 0.297 bits per heavy atom. The van der Waals surface area contributed by atoms with Gasteiger partial charge in [-0.2, -0.15) is 15.0 Å². The van der Waals surface area contributed by atoms with Crippen molar-refractivity contribution in [3.05, 3.63) is 94.0 Å². The van der Waals surface area contributed by atoms with Crippen LogP contribution >= 0.6 is 0 Å². The van der Waals surface area contributed by atoms with Gasteiger partial charge >= 0.3 is 0 Å². The molecule has 0 saturated carbocycles. The molecule has 0 amide bonds. The van der Waals surface area contributed by atoms with Crippen molar-refractivity contribution in [3.8, 4) is 51.6 Å². The Bertz CT molecular complexity index is 3020. The summed E-state index contributed by atoms with van der Waals surface area (Å²) in [4.78, 5) is 12.5. The van der Waals surface area contributed by atoms with Crippen molar-refractivity contribution in [1.82, 2.24) is 15.0 Å². The van der Waals surface area contributed by atoms with Crippen LogP contribution in [0.5, 0.6) is 40.2 Å². The number of nitrogen functional groups attached to an aromatic ring is 2. The van der Waals surface area contributed by atoms with Crippen molar-refractivity contribution >= 4 is 48.4 Å². The van der Waals surface area contributed by atoms with Crippen molar-refractivity contribution in [3.63, 3.8) is 0 Å². The Kier molecular flexibility index (Phi) is 44.0. The lowest BCUT2D eigenvalue weighted by Gasteiger charge is -2.19. The van der Waals surface area contributed by atoms with Crippen molar-refractivity contribution in [2.24, 2.45) is 23.7 Å². The summed E-state index contributed by atoms with van der Waals surface area (Å²) in [7, 11) is 0. The molecule has 0 aliphatic heterocycles. The van der Waals surface area contributed by atoms with Crippen LogP contribution in [0, 0.1) is 23.7 Å². The fourth-order valence-corrected chi connectivity index (χ4v) is 11.8. The van der Waals surface area contributed by atoms with Gasteiger partial charge in [-0.3, -0.25) is 0 Å². The third-order valence-corrected chi connectivity index (χ3v) is 19.7. The van der Waals surface area contributed by atoms with Gasteiger partial charge in [0.25, 0.3) is 0 Å². The van der Waals surface area contributed by atoms with E-state index in [9.17, 15) is 0 Å². The average molecular weight is 1390 g/mol. The first-order valence-corrected chi connectivity index (χ1v) is 40.7. The maximum atomic E-state index is 6.91. The molecule has 0 unspecified atom stereocenters. The van der Waals surface area contributed by atoms with E-state index in [0.29, 0.717) is 75.7 Å². The molecule has 4 N–H and O–H groups in total. The summed E-state index contributed by atoms with van der Waals surface area (Å²) in [5.41, 5.74) is 18.2. The number of ether oxygens (including phenoxy) is 7. The smallest absolute Gasteiger partial charge is 0.225 e. The third kappa shape index (κ3) is 34.9. The molecule has 101 heavy (non-hydrogen) atoms. The average Bonchev–Trinajstić information content (AvgIpc) is 0.822. The van der Waals surface area contributed by atoms with E-state index < -0.39 is 0 Å². The maximum absolute atomic E-state index is 6.91. The Balaban J connectivity index is 1.56. The van der Waals surface area contributed by atoms with Gasteiger partial charge < -0.3 is 44.6 Å². The molecule has 4 atom stereocenters. The SMILES string of the molecule is CCCCCCCCCCCCOc1cc(/C=C/c2cc(OC[C@@H](C)CC)c(/C=C/c3cc(OC[C@@H](C)CC)c(/C=C/c4ccc(-c5nc(N)nc(N)n5)cc4)cc3OC[C@@H](C)CC)cc2OC[C@@H](C)CC)cc(OCCCCCCCCCCCC)c1OCCCCCCCCCCCC. The van der Waals surface area contributed by atoms with E-state index in [1.54, 1.807) is 0 Å². The van der Waals surface area contributed by atoms with Gasteiger partial charge in [0.05, 0.1) is 46.2 Å². The maximum Gasteiger partial charge on any atom is 0.225 e. The topological polar surface area (TPSA) is 155 Å². The quantitative estimate of drug-likeness (QED) is 0.0281. The molecule has 1 heterocycles. The molecule has 562 valence electrons. The Morgan fingerprint density at radius 3 is 0.881 bits per heavy atom. The predicted molar refractivity (Wildman–Crippen MR) is 432 cm³/mol. The Labute approximate surface area is 614 Å². The molecule has 0 fully saturated rings. The Morgan fingerprint density at radius 2 is 0.574 bits per heavy atom. The zero-order valence-corrected chi connectivity index (χ0v) is 65.4. The van der Waals surface area contributed by atoms with Gasteiger partial charge in [-0.05, 0) is 90.5 Å². The predicted octanol–water partition coefficient (Wildman–Crippen LogP) is 25.8. The molecule has 0 saturated heterocycles. The van der Waals surface area contributed by atoms with Crippen molar-refractivity contribution in [2.75, 3.05) is 57.7 Å². The van der Waals surface area contributed by atoms with Gasteiger partial charge in [-0.15, -0.1) is 0 Å². The van der Waals surface area contributed by atoms with E-state index in [0.717, 1.165) is 143 Å². The van der Waals surface area contributed by atoms with Crippen LogP contribution in [0.3, 0.4) is 0 Å². The highest BCUT2D eigenvalue weighted by Gasteiger charge is 2.19. The summed E-state index contributed by atoms with van der Waals surface area (Å²) >= 11 is 0. The van der Waals surface area contributed by atoms with E-state index in [1.807, 2.05) is 24.3 Å². The van der Waals surface area contributed by atoms with Crippen LogP contribution in [0.25, 0.3) is 47.8 Å². The van der Waals surface area contributed by atoms with Crippen LogP contribution < -0.4 is 44.6 Å². The van der Waals surface area contributed by atoms with Gasteiger partial charge in [0.15, 0.2) is 17.3 Å². The monoisotopic (exact) mass is 1390 g/mol. The standard InChI is InChI=1S/C89H139N5O7/c1-12-19-22-25-28-31-34-37-40-43-56-95-84-59-74(60-85(96-57-44-41-38-35-32-29-26-23-20-13-2)86(84)97-58-45-42-39-36-33-30-27-24-21-14-3)49-53-77-62-83(101-68-72(11)18-7)79(64-81(77)99-66-70(9)16-5)55-54-78-63-80(98-65-69(8)15-4)76(61-82(78)100-67-71(10)17-6)52-48-73-46-50-75(51-47-73)87-92-88(90)94-89(91)93-87/h46-55,59-64,69-72H,12-45,56-58,65-68H2,1-11H3,(H4,90,91,92,93,94)/b52-48+,53-49+,55-54+/t69-,70-,71-,72-/m0/s1. The molecule has 5 rings (SSSR count). The normalized spacial score (nSPS) is 12.9. The van der Waals surface area contributed by atoms with Gasteiger partial charge in [0.2, 0.25) is 17.6 Å². The Hall–Kier alpha value is -6.69.